The molecule has 2 aromatic carbocycles. The SMILES string of the molecule is COC(=O)c1cc(C)nc2c1c(=O)n(Cc1ccccc1C)c(=O)n2-c1ccccc1OC. The molecule has 0 saturated heterocycles. The summed E-state index contributed by atoms with van der Waals surface area (Å²) in [5, 5.41) is 0.00606. The normalized spacial score (nSPS) is 10.9. The van der Waals surface area contributed by atoms with Gasteiger partial charge in [-0.3, -0.25) is 9.36 Å². The summed E-state index contributed by atoms with van der Waals surface area (Å²) in [6.45, 7) is 3.62. The zero-order valence-electron chi connectivity index (χ0n) is 18.8. The summed E-state index contributed by atoms with van der Waals surface area (Å²) in [5.41, 5.74) is 1.52. The molecule has 0 atom stereocenters. The predicted octanol–water partition coefficient (Wildman–Crippen LogP) is 3.01. The summed E-state index contributed by atoms with van der Waals surface area (Å²) >= 11 is 0. The minimum absolute atomic E-state index is 0.00606. The van der Waals surface area contributed by atoms with E-state index in [1.165, 1.54) is 24.9 Å². The van der Waals surface area contributed by atoms with Crippen molar-refractivity contribution < 1.29 is 14.3 Å². The molecule has 0 saturated carbocycles. The molecule has 0 aliphatic carbocycles. The van der Waals surface area contributed by atoms with Crippen molar-refractivity contribution in [3.63, 3.8) is 0 Å². The molecule has 168 valence electrons. The van der Waals surface area contributed by atoms with Crippen LogP contribution < -0.4 is 16.0 Å². The van der Waals surface area contributed by atoms with E-state index in [0.717, 1.165) is 15.7 Å². The summed E-state index contributed by atoms with van der Waals surface area (Å²) < 4.78 is 12.8. The van der Waals surface area contributed by atoms with E-state index in [1.807, 2.05) is 31.2 Å². The Hall–Kier alpha value is -4.20. The van der Waals surface area contributed by atoms with Crippen LogP contribution >= 0.6 is 0 Å². The number of hydrogen-bond acceptors (Lipinski definition) is 6. The number of ether oxygens (including phenoxy) is 2. The van der Waals surface area contributed by atoms with Crippen molar-refractivity contribution in [3.8, 4) is 11.4 Å². The summed E-state index contributed by atoms with van der Waals surface area (Å²) in [4.78, 5) is 44.5. The van der Waals surface area contributed by atoms with Crippen LogP contribution in [0.15, 0.2) is 64.2 Å². The van der Waals surface area contributed by atoms with Gasteiger partial charge in [0.05, 0.1) is 37.4 Å². The molecule has 0 aliphatic rings. The van der Waals surface area contributed by atoms with E-state index in [2.05, 4.69) is 4.98 Å². The van der Waals surface area contributed by atoms with Crippen LogP contribution in [0.5, 0.6) is 5.75 Å². The van der Waals surface area contributed by atoms with Gasteiger partial charge in [0.2, 0.25) is 0 Å². The zero-order valence-corrected chi connectivity index (χ0v) is 18.8. The Kier molecular flexibility index (Phi) is 5.83. The number of pyridine rings is 1. The molecule has 2 heterocycles. The largest absolute Gasteiger partial charge is 0.495 e. The molecule has 0 radical (unpaired) electrons. The number of nitrogens with zero attached hydrogens (tertiary/aromatic N) is 3. The molecule has 2 aromatic heterocycles. The van der Waals surface area contributed by atoms with Gasteiger partial charge in [-0.1, -0.05) is 36.4 Å². The lowest BCUT2D eigenvalue weighted by Crippen LogP contribution is -2.41. The predicted molar refractivity (Wildman–Crippen MR) is 125 cm³/mol. The third-order valence-electron chi connectivity index (χ3n) is 5.54. The number of para-hydroxylation sites is 2. The first-order valence-electron chi connectivity index (χ1n) is 10.3. The molecule has 4 aromatic rings. The fourth-order valence-electron chi connectivity index (χ4n) is 3.86. The second kappa shape index (κ2) is 8.74. The minimum atomic E-state index is -0.685. The van der Waals surface area contributed by atoms with Crippen molar-refractivity contribution in [2.24, 2.45) is 0 Å². The van der Waals surface area contributed by atoms with Gasteiger partial charge in [-0.15, -0.1) is 0 Å². The number of rotatable bonds is 5. The first-order chi connectivity index (χ1) is 15.9. The Morgan fingerprint density at radius 2 is 1.70 bits per heavy atom. The zero-order chi connectivity index (χ0) is 23.7. The third kappa shape index (κ3) is 3.80. The quantitative estimate of drug-likeness (QED) is 0.439. The lowest BCUT2D eigenvalue weighted by Gasteiger charge is -2.17. The van der Waals surface area contributed by atoms with Crippen molar-refractivity contribution >= 4 is 17.0 Å². The molecule has 4 rings (SSSR count). The van der Waals surface area contributed by atoms with Gasteiger partial charge in [0.1, 0.15) is 5.75 Å². The molecule has 0 amide bonds. The second-order valence-electron chi connectivity index (χ2n) is 7.61. The van der Waals surface area contributed by atoms with Gasteiger partial charge >= 0.3 is 11.7 Å². The van der Waals surface area contributed by atoms with Crippen LogP contribution in [0.1, 0.15) is 27.2 Å². The summed E-state index contributed by atoms with van der Waals surface area (Å²) in [7, 11) is 2.74. The minimum Gasteiger partial charge on any atom is -0.495 e. The van der Waals surface area contributed by atoms with Gasteiger partial charge in [-0.25, -0.2) is 19.1 Å². The van der Waals surface area contributed by atoms with Gasteiger partial charge in [0.15, 0.2) is 5.65 Å². The molecule has 0 unspecified atom stereocenters. The highest BCUT2D eigenvalue weighted by Crippen LogP contribution is 2.25. The highest BCUT2D eigenvalue weighted by atomic mass is 16.5. The Morgan fingerprint density at radius 3 is 2.39 bits per heavy atom. The fourth-order valence-corrected chi connectivity index (χ4v) is 3.86. The van der Waals surface area contributed by atoms with Gasteiger partial charge in [0, 0.05) is 5.69 Å². The number of hydrogen-bond donors (Lipinski definition) is 0. The summed E-state index contributed by atoms with van der Waals surface area (Å²) in [5.74, 6) is -0.264. The highest BCUT2D eigenvalue weighted by Gasteiger charge is 2.24. The van der Waals surface area contributed by atoms with E-state index >= 15 is 0 Å². The van der Waals surface area contributed by atoms with Gasteiger partial charge < -0.3 is 9.47 Å². The van der Waals surface area contributed by atoms with Crippen LogP contribution in [-0.2, 0) is 11.3 Å². The number of benzene rings is 2. The topological polar surface area (TPSA) is 92.4 Å². The Morgan fingerprint density at radius 1 is 1.00 bits per heavy atom. The van der Waals surface area contributed by atoms with E-state index in [4.69, 9.17) is 9.47 Å². The maximum atomic E-state index is 13.8. The Labute approximate surface area is 189 Å². The molecule has 0 spiro atoms. The first kappa shape index (κ1) is 22.0. The molecule has 0 N–H and O–H groups in total. The Bertz CT molecular complexity index is 1500. The molecule has 0 aliphatic heterocycles. The van der Waals surface area contributed by atoms with Crippen molar-refractivity contribution in [3.05, 3.63) is 97.8 Å². The van der Waals surface area contributed by atoms with E-state index in [1.54, 1.807) is 31.2 Å². The molecule has 0 fully saturated rings. The number of esters is 1. The van der Waals surface area contributed by atoms with Crippen LogP contribution in [0.3, 0.4) is 0 Å². The van der Waals surface area contributed by atoms with E-state index in [0.29, 0.717) is 17.1 Å². The molecule has 8 heteroatoms. The van der Waals surface area contributed by atoms with E-state index in [-0.39, 0.29) is 23.1 Å². The number of aromatic nitrogens is 3. The third-order valence-corrected chi connectivity index (χ3v) is 5.54. The second-order valence-corrected chi connectivity index (χ2v) is 7.61. The van der Waals surface area contributed by atoms with Crippen LogP contribution in [0.25, 0.3) is 16.7 Å². The number of carbonyl (C=O) groups excluding carboxylic acids is 1. The first-order valence-corrected chi connectivity index (χ1v) is 10.3. The lowest BCUT2D eigenvalue weighted by molar-refractivity contribution is 0.0602. The van der Waals surface area contributed by atoms with Gasteiger partial charge in [-0.2, -0.15) is 0 Å². The molecular formula is C25H23N3O5. The fraction of sp³-hybridized carbons (Fsp3) is 0.200. The monoisotopic (exact) mass is 445 g/mol. The molecule has 0 bridgehead atoms. The van der Waals surface area contributed by atoms with Crippen molar-refractivity contribution in [1.82, 2.24) is 14.1 Å². The average Bonchev–Trinajstić information content (AvgIpc) is 2.82. The van der Waals surface area contributed by atoms with Crippen LogP contribution in [0.2, 0.25) is 0 Å². The maximum Gasteiger partial charge on any atom is 0.338 e. The highest BCUT2D eigenvalue weighted by molar-refractivity contribution is 6.02. The maximum absolute atomic E-state index is 13.8. The van der Waals surface area contributed by atoms with Crippen molar-refractivity contribution in [1.29, 1.82) is 0 Å². The molecule has 8 nitrogen and oxygen atoms in total. The number of methoxy groups -OCH3 is 2. The van der Waals surface area contributed by atoms with Gasteiger partial charge in [-0.05, 0) is 43.2 Å². The van der Waals surface area contributed by atoms with E-state index in [9.17, 15) is 14.4 Å². The van der Waals surface area contributed by atoms with Crippen LogP contribution in [0, 0.1) is 13.8 Å². The Balaban J connectivity index is 2.19. The number of fused-ring (bicyclic) bond motifs is 1. The van der Waals surface area contributed by atoms with Crippen molar-refractivity contribution in [2.75, 3.05) is 14.2 Å². The standard InChI is InChI=1S/C25H23N3O5/c1-15-9-5-6-10-17(15)14-27-23(29)21-18(24(30)33-4)13-16(2)26-22(21)28(25(27)31)19-11-7-8-12-20(19)32-3/h5-13H,14H2,1-4H3. The van der Waals surface area contributed by atoms with Crippen LogP contribution in [0.4, 0.5) is 0 Å². The van der Waals surface area contributed by atoms with E-state index < -0.39 is 17.2 Å². The smallest absolute Gasteiger partial charge is 0.338 e. The summed E-state index contributed by atoms with van der Waals surface area (Å²) in [6, 6.07) is 15.9. The average molecular weight is 445 g/mol. The molecular weight excluding hydrogens is 422 g/mol. The summed E-state index contributed by atoms with van der Waals surface area (Å²) in [6.07, 6.45) is 0. The van der Waals surface area contributed by atoms with Gasteiger partial charge in [0.25, 0.3) is 5.56 Å². The van der Waals surface area contributed by atoms with Crippen LogP contribution in [-0.4, -0.2) is 34.3 Å². The number of aryl methyl sites for hydroxylation is 2. The van der Waals surface area contributed by atoms with Crippen molar-refractivity contribution in [2.45, 2.75) is 20.4 Å². The lowest BCUT2D eigenvalue weighted by atomic mass is 10.1. The number of carbonyl (C=O) groups is 1. The molecule has 33 heavy (non-hydrogen) atoms.